The second-order valence-corrected chi connectivity index (χ2v) is 5.77. The van der Waals surface area contributed by atoms with Gasteiger partial charge in [0.1, 0.15) is 5.75 Å². The molecule has 0 amide bonds. The van der Waals surface area contributed by atoms with E-state index >= 15 is 0 Å². The highest BCUT2D eigenvalue weighted by molar-refractivity contribution is 5.27. The van der Waals surface area contributed by atoms with Gasteiger partial charge in [-0.15, -0.1) is 0 Å². The molecule has 0 radical (unpaired) electrons. The summed E-state index contributed by atoms with van der Waals surface area (Å²) in [7, 11) is 0. The van der Waals surface area contributed by atoms with E-state index in [2.05, 4.69) is 36.1 Å². The number of hydrogen-bond donors (Lipinski definition) is 1. The maximum Gasteiger partial charge on any atom is 0.119 e. The summed E-state index contributed by atoms with van der Waals surface area (Å²) in [5.74, 6) is 1.43. The number of piperidine rings is 1. The van der Waals surface area contributed by atoms with Gasteiger partial charge in [-0.2, -0.15) is 0 Å². The maximum atomic E-state index is 9.27. The second-order valence-electron chi connectivity index (χ2n) is 5.77. The van der Waals surface area contributed by atoms with E-state index in [9.17, 15) is 5.11 Å². The van der Waals surface area contributed by atoms with E-state index in [0.29, 0.717) is 12.5 Å². The maximum absolute atomic E-state index is 9.27. The van der Waals surface area contributed by atoms with E-state index in [-0.39, 0.29) is 0 Å². The highest BCUT2D eigenvalue weighted by Gasteiger charge is 2.18. The van der Waals surface area contributed by atoms with Gasteiger partial charge in [0.25, 0.3) is 0 Å². The Hall–Kier alpha value is -1.06. The summed E-state index contributed by atoms with van der Waals surface area (Å²) in [5, 5.41) is 9.27. The first-order chi connectivity index (χ1) is 9.81. The second kappa shape index (κ2) is 8.28. The Morgan fingerprint density at radius 3 is 2.80 bits per heavy atom. The van der Waals surface area contributed by atoms with Crippen LogP contribution in [0, 0.1) is 5.92 Å². The molecule has 1 saturated heterocycles. The molecule has 1 aliphatic rings. The molecule has 3 nitrogen and oxygen atoms in total. The van der Waals surface area contributed by atoms with Crippen molar-refractivity contribution in [1.82, 2.24) is 4.90 Å². The lowest BCUT2D eigenvalue weighted by atomic mass is 9.98. The van der Waals surface area contributed by atoms with Crippen molar-refractivity contribution in [2.24, 2.45) is 5.92 Å². The minimum Gasteiger partial charge on any atom is -0.494 e. The van der Waals surface area contributed by atoms with Crippen LogP contribution in [0.1, 0.15) is 38.2 Å². The van der Waals surface area contributed by atoms with Gasteiger partial charge in [0.05, 0.1) is 6.61 Å². The van der Waals surface area contributed by atoms with E-state index in [4.69, 9.17) is 4.74 Å². The van der Waals surface area contributed by atoms with Gasteiger partial charge in [0.15, 0.2) is 0 Å². The predicted octanol–water partition coefficient (Wildman–Crippen LogP) is 3.07. The number of likely N-dealkylation sites (tertiary alicyclic amines) is 1. The van der Waals surface area contributed by atoms with Gasteiger partial charge < -0.3 is 9.84 Å². The average molecular weight is 277 g/mol. The number of unbranched alkanes of at least 4 members (excludes halogenated alkanes) is 1. The third-order valence-electron chi connectivity index (χ3n) is 3.96. The van der Waals surface area contributed by atoms with Crippen molar-refractivity contribution in [3.05, 3.63) is 29.8 Å². The fourth-order valence-corrected chi connectivity index (χ4v) is 2.73. The molecule has 1 fully saturated rings. The van der Waals surface area contributed by atoms with Crippen molar-refractivity contribution in [3.63, 3.8) is 0 Å². The topological polar surface area (TPSA) is 32.7 Å². The number of hydrogen-bond acceptors (Lipinski definition) is 3. The summed E-state index contributed by atoms with van der Waals surface area (Å²) >= 11 is 0. The van der Waals surface area contributed by atoms with Crippen LogP contribution in [0.5, 0.6) is 5.75 Å². The molecule has 1 atom stereocenters. The largest absolute Gasteiger partial charge is 0.494 e. The molecule has 1 aromatic rings. The molecule has 0 spiro atoms. The molecule has 1 aromatic carbocycles. The van der Waals surface area contributed by atoms with E-state index in [1.165, 1.54) is 18.4 Å². The summed E-state index contributed by atoms with van der Waals surface area (Å²) in [5.41, 5.74) is 1.33. The zero-order valence-electron chi connectivity index (χ0n) is 12.6. The molecule has 1 N–H and O–H groups in total. The number of aliphatic hydroxyl groups excluding tert-OH is 1. The lowest BCUT2D eigenvalue weighted by Gasteiger charge is -2.31. The van der Waals surface area contributed by atoms with Gasteiger partial charge in [-0.1, -0.05) is 25.5 Å². The molecule has 20 heavy (non-hydrogen) atoms. The van der Waals surface area contributed by atoms with Crippen LogP contribution < -0.4 is 4.74 Å². The molecule has 0 saturated carbocycles. The summed E-state index contributed by atoms with van der Waals surface area (Å²) in [6.45, 7) is 6.44. The molecule has 0 aliphatic carbocycles. The van der Waals surface area contributed by atoms with Gasteiger partial charge in [-0.3, -0.25) is 4.90 Å². The highest BCUT2D eigenvalue weighted by Crippen LogP contribution is 2.19. The molecule has 112 valence electrons. The summed E-state index contributed by atoms with van der Waals surface area (Å²) in [4.78, 5) is 2.44. The standard InChI is InChI=1S/C17H27NO2/c1-2-3-11-20-17-8-6-15(7-9-17)12-18-10-4-5-16(13-18)14-19/h6-9,16,19H,2-5,10-14H2,1H3/t16-/m1/s1. The summed E-state index contributed by atoms with van der Waals surface area (Å²) in [6.07, 6.45) is 4.64. The van der Waals surface area contributed by atoms with Crippen LogP contribution in [0.15, 0.2) is 24.3 Å². The first kappa shape index (κ1) is 15.3. The Morgan fingerprint density at radius 2 is 2.10 bits per heavy atom. The minimum absolute atomic E-state index is 0.320. The van der Waals surface area contributed by atoms with Crippen molar-refractivity contribution < 1.29 is 9.84 Å². The molecule has 1 aliphatic heterocycles. The minimum atomic E-state index is 0.320. The van der Waals surface area contributed by atoms with Crippen LogP contribution in [-0.2, 0) is 6.54 Å². The molecular weight excluding hydrogens is 250 g/mol. The Kier molecular flexibility index (Phi) is 6.34. The monoisotopic (exact) mass is 277 g/mol. The zero-order chi connectivity index (χ0) is 14.2. The number of rotatable bonds is 7. The number of ether oxygens (including phenoxy) is 1. The van der Waals surface area contributed by atoms with Gasteiger partial charge >= 0.3 is 0 Å². The highest BCUT2D eigenvalue weighted by atomic mass is 16.5. The van der Waals surface area contributed by atoms with Crippen LogP contribution in [0.3, 0.4) is 0 Å². The van der Waals surface area contributed by atoms with Crippen molar-refractivity contribution in [1.29, 1.82) is 0 Å². The molecule has 3 heteroatoms. The molecule has 0 unspecified atom stereocenters. The number of nitrogens with zero attached hydrogens (tertiary/aromatic N) is 1. The van der Waals surface area contributed by atoms with Crippen molar-refractivity contribution in [2.45, 2.75) is 39.2 Å². The van der Waals surface area contributed by atoms with Gasteiger partial charge in [0, 0.05) is 19.7 Å². The first-order valence-corrected chi connectivity index (χ1v) is 7.86. The molecule has 0 bridgehead atoms. The number of aliphatic hydroxyl groups is 1. The summed E-state index contributed by atoms with van der Waals surface area (Å²) < 4.78 is 5.68. The smallest absolute Gasteiger partial charge is 0.119 e. The van der Waals surface area contributed by atoms with Crippen LogP contribution in [0.4, 0.5) is 0 Å². The predicted molar refractivity (Wildman–Crippen MR) is 81.9 cm³/mol. The van der Waals surface area contributed by atoms with E-state index < -0.39 is 0 Å². The molecule has 1 heterocycles. The molecular formula is C17H27NO2. The fourth-order valence-electron chi connectivity index (χ4n) is 2.73. The lowest BCUT2D eigenvalue weighted by molar-refractivity contribution is 0.116. The van der Waals surface area contributed by atoms with E-state index in [1.807, 2.05) is 0 Å². The van der Waals surface area contributed by atoms with Crippen LogP contribution in [-0.4, -0.2) is 36.3 Å². The lowest BCUT2D eigenvalue weighted by Crippen LogP contribution is -2.36. The van der Waals surface area contributed by atoms with Crippen molar-refractivity contribution in [3.8, 4) is 5.75 Å². The third-order valence-corrected chi connectivity index (χ3v) is 3.96. The zero-order valence-corrected chi connectivity index (χ0v) is 12.6. The van der Waals surface area contributed by atoms with Crippen LogP contribution in [0.25, 0.3) is 0 Å². The normalized spacial score (nSPS) is 20.0. The van der Waals surface area contributed by atoms with E-state index in [1.54, 1.807) is 0 Å². The SMILES string of the molecule is CCCCOc1ccc(CN2CCC[C@@H](CO)C2)cc1. The first-order valence-electron chi connectivity index (χ1n) is 7.86. The third kappa shape index (κ3) is 4.80. The summed E-state index contributed by atoms with van der Waals surface area (Å²) in [6, 6.07) is 8.45. The van der Waals surface area contributed by atoms with Gasteiger partial charge in [-0.25, -0.2) is 0 Å². The Morgan fingerprint density at radius 1 is 1.30 bits per heavy atom. The fraction of sp³-hybridized carbons (Fsp3) is 0.647. The van der Waals surface area contributed by atoms with Gasteiger partial charge in [-0.05, 0) is 49.4 Å². The molecule has 0 aromatic heterocycles. The van der Waals surface area contributed by atoms with Crippen molar-refractivity contribution in [2.75, 3.05) is 26.3 Å². The van der Waals surface area contributed by atoms with Crippen molar-refractivity contribution >= 4 is 0 Å². The Bertz CT molecular complexity index is 377. The average Bonchev–Trinajstić information content (AvgIpc) is 2.49. The Labute approximate surface area is 122 Å². The van der Waals surface area contributed by atoms with E-state index in [0.717, 1.165) is 44.8 Å². The quantitative estimate of drug-likeness (QED) is 0.778. The van der Waals surface area contributed by atoms with Gasteiger partial charge in [0.2, 0.25) is 0 Å². The molecule has 2 rings (SSSR count). The van der Waals surface area contributed by atoms with Crippen LogP contribution >= 0.6 is 0 Å². The van der Waals surface area contributed by atoms with Crippen LogP contribution in [0.2, 0.25) is 0 Å². The Balaban J connectivity index is 1.80. The number of benzene rings is 1.